The summed E-state index contributed by atoms with van der Waals surface area (Å²) in [5, 5.41) is 3.07. The smallest absolute Gasteiger partial charge is 0.254 e. The van der Waals surface area contributed by atoms with E-state index in [2.05, 4.69) is 16.4 Å². The van der Waals surface area contributed by atoms with Crippen LogP contribution in [0.3, 0.4) is 0 Å². The molecule has 0 radical (unpaired) electrons. The molecular formula is C19H21N3O3. The lowest BCUT2D eigenvalue weighted by Gasteiger charge is -2.33. The minimum atomic E-state index is 0.0471. The Bertz CT molecular complexity index is 793. The summed E-state index contributed by atoms with van der Waals surface area (Å²) in [6.07, 6.45) is 3.90. The second kappa shape index (κ2) is 6.63. The zero-order valence-electron chi connectivity index (χ0n) is 14.2. The van der Waals surface area contributed by atoms with E-state index in [-0.39, 0.29) is 12.7 Å². The SMILES string of the molecule is CNc1cc([C@@H]2CCCN(C(=O)c3ccc4c(c3)OCO4)C2)ccn1. The van der Waals surface area contributed by atoms with Gasteiger partial charge in [-0.15, -0.1) is 0 Å². The lowest BCUT2D eigenvalue weighted by atomic mass is 9.90. The molecule has 6 heteroatoms. The van der Waals surface area contributed by atoms with Gasteiger partial charge in [0.05, 0.1) is 0 Å². The van der Waals surface area contributed by atoms with Crippen LogP contribution in [-0.2, 0) is 0 Å². The van der Waals surface area contributed by atoms with E-state index in [9.17, 15) is 4.79 Å². The number of carbonyl (C=O) groups is 1. The summed E-state index contributed by atoms with van der Waals surface area (Å²) in [6.45, 7) is 1.72. The summed E-state index contributed by atoms with van der Waals surface area (Å²) < 4.78 is 10.7. The van der Waals surface area contributed by atoms with Crippen LogP contribution < -0.4 is 14.8 Å². The summed E-state index contributed by atoms with van der Waals surface area (Å²) in [6, 6.07) is 9.50. The number of piperidine rings is 1. The van der Waals surface area contributed by atoms with Gasteiger partial charge in [-0.1, -0.05) is 0 Å². The minimum absolute atomic E-state index is 0.0471. The van der Waals surface area contributed by atoms with Crippen molar-refractivity contribution in [3.05, 3.63) is 47.7 Å². The molecule has 3 heterocycles. The first-order chi connectivity index (χ1) is 12.2. The maximum atomic E-state index is 12.9. The van der Waals surface area contributed by atoms with Gasteiger partial charge in [0.15, 0.2) is 11.5 Å². The van der Waals surface area contributed by atoms with Crippen molar-refractivity contribution in [2.75, 3.05) is 32.2 Å². The molecular weight excluding hydrogens is 318 g/mol. The number of nitrogens with one attached hydrogen (secondary N) is 1. The second-order valence-electron chi connectivity index (χ2n) is 6.38. The number of benzene rings is 1. The Balaban J connectivity index is 1.51. The van der Waals surface area contributed by atoms with Crippen LogP contribution in [0.5, 0.6) is 11.5 Å². The molecule has 1 amide bonds. The average molecular weight is 339 g/mol. The lowest BCUT2D eigenvalue weighted by Crippen LogP contribution is -2.39. The van der Waals surface area contributed by atoms with Crippen molar-refractivity contribution < 1.29 is 14.3 Å². The van der Waals surface area contributed by atoms with Crippen molar-refractivity contribution in [1.82, 2.24) is 9.88 Å². The summed E-state index contributed by atoms with van der Waals surface area (Å²) >= 11 is 0. The van der Waals surface area contributed by atoms with Crippen LogP contribution in [0.25, 0.3) is 0 Å². The summed E-state index contributed by atoms with van der Waals surface area (Å²) in [5.74, 6) is 2.58. The quantitative estimate of drug-likeness (QED) is 0.931. The molecule has 0 saturated carbocycles. The Morgan fingerprint density at radius 2 is 2.12 bits per heavy atom. The predicted octanol–water partition coefficient (Wildman–Crippen LogP) is 2.87. The Kier molecular flexibility index (Phi) is 4.17. The van der Waals surface area contributed by atoms with Crippen LogP contribution in [0.1, 0.15) is 34.7 Å². The highest BCUT2D eigenvalue weighted by Gasteiger charge is 2.27. The predicted molar refractivity (Wildman–Crippen MR) is 94.2 cm³/mol. The summed E-state index contributed by atoms with van der Waals surface area (Å²) in [5.41, 5.74) is 1.87. The number of anilines is 1. The maximum Gasteiger partial charge on any atom is 0.254 e. The van der Waals surface area contributed by atoms with Crippen molar-refractivity contribution in [1.29, 1.82) is 0 Å². The van der Waals surface area contributed by atoms with Gasteiger partial charge in [0.2, 0.25) is 6.79 Å². The van der Waals surface area contributed by atoms with Gasteiger partial charge in [0.1, 0.15) is 5.82 Å². The molecule has 0 spiro atoms. The number of rotatable bonds is 3. The van der Waals surface area contributed by atoms with Gasteiger partial charge in [0, 0.05) is 37.8 Å². The first-order valence-corrected chi connectivity index (χ1v) is 8.57. The van der Waals surface area contributed by atoms with Crippen molar-refractivity contribution in [3.63, 3.8) is 0 Å². The van der Waals surface area contributed by atoms with E-state index in [0.29, 0.717) is 23.0 Å². The largest absolute Gasteiger partial charge is 0.454 e. The fourth-order valence-corrected chi connectivity index (χ4v) is 3.48. The van der Waals surface area contributed by atoms with Gasteiger partial charge in [-0.3, -0.25) is 4.79 Å². The number of carbonyl (C=O) groups excluding carboxylic acids is 1. The van der Waals surface area contributed by atoms with Gasteiger partial charge in [0.25, 0.3) is 5.91 Å². The topological polar surface area (TPSA) is 63.7 Å². The Hall–Kier alpha value is -2.76. The normalized spacial score (nSPS) is 18.9. The third kappa shape index (κ3) is 3.12. The van der Waals surface area contributed by atoms with Crippen LogP contribution in [0.4, 0.5) is 5.82 Å². The number of hydrogen-bond acceptors (Lipinski definition) is 5. The molecule has 1 atom stereocenters. The summed E-state index contributed by atoms with van der Waals surface area (Å²) in [4.78, 5) is 19.1. The van der Waals surface area contributed by atoms with E-state index < -0.39 is 0 Å². The van der Waals surface area contributed by atoms with Gasteiger partial charge in [-0.2, -0.15) is 0 Å². The van der Waals surface area contributed by atoms with Crippen LogP contribution in [-0.4, -0.2) is 42.7 Å². The third-order valence-electron chi connectivity index (χ3n) is 4.84. The number of amides is 1. The first kappa shape index (κ1) is 15.7. The van der Waals surface area contributed by atoms with Gasteiger partial charge < -0.3 is 19.7 Å². The highest BCUT2D eigenvalue weighted by atomic mass is 16.7. The number of pyridine rings is 1. The van der Waals surface area contributed by atoms with E-state index in [1.165, 1.54) is 5.56 Å². The molecule has 0 bridgehead atoms. The number of fused-ring (bicyclic) bond motifs is 1. The monoisotopic (exact) mass is 339 g/mol. The zero-order chi connectivity index (χ0) is 17.2. The molecule has 2 aliphatic rings. The highest BCUT2D eigenvalue weighted by molar-refractivity contribution is 5.95. The molecule has 25 heavy (non-hydrogen) atoms. The fraction of sp³-hybridized carbons (Fsp3) is 0.368. The van der Waals surface area contributed by atoms with E-state index in [1.807, 2.05) is 30.3 Å². The lowest BCUT2D eigenvalue weighted by molar-refractivity contribution is 0.0706. The van der Waals surface area contributed by atoms with Crippen LogP contribution >= 0.6 is 0 Å². The molecule has 0 aliphatic carbocycles. The zero-order valence-corrected chi connectivity index (χ0v) is 14.2. The van der Waals surface area contributed by atoms with Crippen molar-refractivity contribution in [2.45, 2.75) is 18.8 Å². The molecule has 0 unspecified atom stereocenters. The molecule has 1 saturated heterocycles. The summed E-state index contributed by atoms with van der Waals surface area (Å²) in [7, 11) is 1.86. The Labute approximate surface area is 146 Å². The van der Waals surface area contributed by atoms with Gasteiger partial charge in [-0.25, -0.2) is 4.98 Å². The van der Waals surface area contributed by atoms with Crippen LogP contribution in [0.15, 0.2) is 36.5 Å². The molecule has 2 aliphatic heterocycles. The number of nitrogens with zero attached hydrogens (tertiary/aromatic N) is 2. The maximum absolute atomic E-state index is 12.9. The van der Waals surface area contributed by atoms with E-state index in [1.54, 1.807) is 12.1 Å². The molecule has 1 N–H and O–H groups in total. The molecule has 1 aromatic carbocycles. The average Bonchev–Trinajstić information content (AvgIpc) is 3.15. The molecule has 130 valence electrons. The third-order valence-corrected chi connectivity index (χ3v) is 4.84. The van der Waals surface area contributed by atoms with Crippen LogP contribution in [0.2, 0.25) is 0 Å². The van der Waals surface area contributed by atoms with Crippen molar-refractivity contribution in [2.24, 2.45) is 0 Å². The standard InChI is InChI=1S/C19H21N3O3/c1-20-18-10-13(6-7-21-18)15-3-2-8-22(11-15)19(23)14-4-5-16-17(9-14)25-12-24-16/h4-7,9-10,15H,2-3,8,11-12H2,1H3,(H,20,21)/t15-/m1/s1. The van der Waals surface area contributed by atoms with Gasteiger partial charge >= 0.3 is 0 Å². The fourth-order valence-electron chi connectivity index (χ4n) is 3.48. The van der Waals surface area contributed by atoms with E-state index >= 15 is 0 Å². The molecule has 1 aromatic heterocycles. The number of hydrogen-bond donors (Lipinski definition) is 1. The number of ether oxygens (including phenoxy) is 2. The highest BCUT2D eigenvalue weighted by Crippen LogP contribution is 2.34. The minimum Gasteiger partial charge on any atom is -0.454 e. The van der Waals surface area contributed by atoms with Crippen molar-refractivity contribution >= 4 is 11.7 Å². The number of aromatic nitrogens is 1. The van der Waals surface area contributed by atoms with E-state index in [4.69, 9.17) is 9.47 Å². The molecule has 6 nitrogen and oxygen atoms in total. The van der Waals surface area contributed by atoms with Gasteiger partial charge in [-0.05, 0) is 48.7 Å². The molecule has 1 fully saturated rings. The van der Waals surface area contributed by atoms with Crippen molar-refractivity contribution in [3.8, 4) is 11.5 Å². The Morgan fingerprint density at radius 1 is 1.24 bits per heavy atom. The first-order valence-electron chi connectivity index (χ1n) is 8.57. The Morgan fingerprint density at radius 3 is 3.00 bits per heavy atom. The second-order valence-corrected chi connectivity index (χ2v) is 6.38. The molecule has 2 aromatic rings. The van der Waals surface area contributed by atoms with Crippen LogP contribution in [0, 0.1) is 0 Å². The number of likely N-dealkylation sites (tertiary alicyclic amines) is 1. The molecule has 4 rings (SSSR count). The van der Waals surface area contributed by atoms with E-state index in [0.717, 1.165) is 31.7 Å².